The van der Waals surface area contributed by atoms with Gasteiger partial charge in [-0.3, -0.25) is 0 Å². The predicted octanol–water partition coefficient (Wildman–Crippen LogP) is -8.40. The van der Waals surface area contributed by atoms with E-state index >= 15 is 0 Å². The van der Waals surface area contributed by atoms with E-state index in [-0.39, 0.29) is 64.3 Å². The SMILES string of the molecule is C[SiH2]O[Si](C)(C)C.[Al+3].[Cl-].[Cl-].[Cl-]. The number of rotatable bonds is 2. The Kier molecular flexibility index (Phi) is 38.2. The van der Waals surface area contributed by atoms with E-state index in [4.69, 9.17) is 4.12 Å². The minimum Gasteiger partial charge on any atom is -1.00 e. The second-order valence-corrected chi connectivity index (χ2v) is 8.50. The third kappa shape index (κ3) is 33.7. The second kappa shape index (κ2) is 14.3. The molecule has 0 fully saturated rings. The van der Waals surface area contributed by atoms with Gasteiger partial charge in [0.05, 0.1) is 0 Å². The normalized spacial score (nSPS) is 8.73. The van der Waals surface area contributed by atoms with Gasteiger partial charge in [-0.25, -0.2) is 0 Å². The van der Waals surface area contributed by atoms with Crippen molar-refractivity contribution in [3.63, 3.8) is 0 Å². The van der Waals surface area contributed by atoms with Crippen LogP contribution in [-0.4, -0.2) is 35.4 Å². The third-order valence-corrected chi connectivity index (χ3v) is 5.20. The van der Waals surface area contributed by atoms with E-state index in [1.165, 1.54) is 0 Å². The van der Waals surface area contributed by atoms with Gasteiger partial charge in [0.1, 0.15) is 9.76 Å². The summed E-state index contributed by atoms with van der Waals surface area (Å²) in [6, 6.07) is 0. The Hall–Kier alpha value is 1.80. The van der Waals surface area contributed by atoms with Crippen LogP contribution in [0.1, 0.15) is 0 Å². The summed E-state index contributed by atoms with van der Waals surface area (Å²) >= 11 is 0. The molecule has 0 aliphatic rings. The molecule has 11 heavy (non-hydrogen) atoms. The first-order chi connectivity index (χ1) is 3.06. The zero-order valence-electron chi connectivity index (χ0n) is 7.33. The molecule has 0 unspecified atom stereocenters. The summed E-state index contributed by atoms with van der Waals surface area (Å²) in [6.45, 7) is 8.86. The summed E-state index contributed by atoms with van der Waals surface area (Å²) in [5, 5.41) is 0. The molecular formula is C4H14AlCl3OSi2. The molecule has 1 nitrogen and oxygen atoms in total. The number of hydrogen-bond acceptors (Lipinski definition) is 1. The predicted molar refractivity (Wildman–Crippen MR) is 44.6 cm³/mol. The molecule has 68 valence electrons. The van der Waals surface area contributed by atoms with E-state index < -0.39 is 8.32 Å². The van der Waals surface area contributed by atoms with E-state index in [0.717, 1.165) is 0 Å². The molecule has 0 aliphatic heterocycles. The number of halogens is 3. The monoisotopic (exact) mass is 266 g/mol. The van der Waals surface area contributed by atoms with Crippen LogP contribution in [0.4, 0.5) is 0 Å². The van der Waals surface area contributed by atoms with Crippen LogP contribution >= 0.6 is 0 Å². The average molecular weight is 268 g/mol. The summed E-state index contributed by atoms with van der Waals surface area (Å²) in [4.78, 5) is 0. The van der Waals surface area contributed by atoms with Gasteiger partial charge in [-0.1, -0.05) is 6.55 Å². The van der Waals surface area contributed by atoms with Crippen LogP contribution in [0, 0.1) is 0 Å². The van der Waals surface area contributed by atoms with Gasteiger partial charge >= 0.3 is 17.4 Å². The maximum Gasteiger partial charge on any atom is 3.00 e. The number of hydrogen-bond donors (Lipinski definition) is 0. The van der Waals surface area contributed by atoms with Gasteiger partial charge in [0.2, 0.25) is 0 Å². The smallest absolute Gasteiger partial charge is 1.00 e. The van der Waals surface area contributed by atoms with Crippen LogP contribution in [0.15, 0.2) is 0 Å². The van der Waals surface area contributed by atoms with E-state index in [2.05, 4.69) is 26.2 Å². The van der Waals surface area contributed by atoms with Crippen molar-refractivity contribution in [3.05, 3.63) is 0 Å². The van der Waals surface area contributed by atoms with Gasteiger partial charge < -0.3 is 41.3 Å². The van der Waals surface area contributed by atoms with Gasteiger partial charge in [-0.15, -0.1) is 0 Å². The molecule has 0 bridgehead atoms. The molecule has 0 aromatic rings. The first-order valence-corrected chi connectivity index (χ1v) is 8.10. The molecular weight excluding hydrogens is 254 g/mol. The van der Waals surface area contributed by atoms with Gasteiger partial charge in [-0.05, 0) is 19.6 Å². The molecule has 0 spiro atoms. The van der Waals surface area contributed by atoms with E-state index in [1.807, 2.05) is 0 Å². The maximum absolute atomic E-state index is 5.51. The standard InChI is InChI=1S/C4H14OSi2.Al.3ClH/c1-6-5-7(2,3)4;;;;/h6H2,1-4H3;;3*1H/q;+3;;;/p-3. The van der Waals surface area contributed by atoms with Gasteiger partial charge in [0.15, 0.2) is 8.32 Å². The van der Waals surface area contributed by atoms with E-state index in [0.29, 0.717) is 0 Å². The van der Waals surface area contributed by atoms with Gasteiger partial charge in [0, 0.05) is 0 Å². The first-order valence-electron chi connectivity index (χ1n) is 2.70. The molecule has 0 atom stereocenters. The molecule has 0 radical (unpaired) electrons. The molecule has 0 aromatic carbocycles. The summed E-state index contributed by atoms with van der Waals surface area (Å²) < 4.78 is 5.51. The summed E-state index contributed by atoms with van der Waals surface area (Å²) in [6.07, 6.45) is 0. The van der Waals surface area contributed by atoms with Gasteiger partial charge in [-0.2, -0.15) is 0 Å². The van der Waals surface area contributed by atoms with Crippen molar-refractivity contribution < 1.29 is 41.3 Å². The quantitative estimate of drug-likeness (QED) is 0.452. The molecule has 0 N–H and O–H groups in total. The average Bonchev–Trinajstić information content (AvgIpc) is 1.30. The molecule has 7 heteroatoms. The first kappa shape index (κ1) is 29.3. The second-order valence-electron chi connectivity index (χ2n) is 2.55. The van der Waals surface area contributed by atoms with Crippen LogP contribution in [0.25, 0.3) is 0 Å². The van der Waals surface area contributed by atoms with E-state index in [9.17, 15) is 0 Å². The van der Waals surface area contributed by atoms with Crippen molar-refractivity contribution in [1.29, 1.82) is 0 Å². The van der Waals surface area contributed by atoms with Crippen molar-refractivity contribution in [2.45, 2.75) is 26.2 Å². The molecule has 0 heterocycles. The third-order valence-electron chi connectivity index (χ3n) is 0.577. The Bertz CT molecular complexity index is 61.8. The Morgan fingerprint density at radius 2 is 1.27 bits per heavy atom. The zero-order chi connectivity index (χ0) is 5.91. The van der Waals surface area contributed by atoms with Crippen molar-refractivity contribution in [3.8, 4) is 0 Å². The van der Waals surface area contributed by atoms with Gasteiger partial charge in [0.25, 0.3) is 0 Å². The molecule has 0 saturated carbocycles. The van der Waals surface area contributed by atoms with Crippen molar-refractivity contribution in [2.75, 3.05) is 0 Å². The van der Waals surface area contributed by atoms with E-state index in [1.54, 1.807) is 0 Å². The fourth-order valence-electron chi connectivity index (χ4n) is 0.433. The summed E-state index contributed by atoms with van der Waals surface area (Å²) in [7, 11) is -1.22. The Labute approximate surface area is 102 Å². The van der Waals surface area contributed by atoms with Crippen molar-refractivity contribution in [1.82, 2.24) is 0 Å². The van der Waals surface area contributed by atoms with Crippen LogP contribution in [0.3, 0.4) is 0 Å². The minimum atomic E-state index is -1.10. The molecule has 0 rings (SSSR count). The summed E-state index contributed by atoms with van der Waals surface area (Å²) in [5.74, 6) is 0. The maximum atomic E-state index is 5.51. The van der Waals surface area contributed by atoms with Crippen LogP contribution in [0.2, 0.25) is 26.2 Å². The van der Waals surface area contributed by atoms with Crippen LogP contribution in [-0.2, 0) is 4.12 Å². The molecule has 0 saturated heterocycles. The molecule has 0 amide bonds. The zero-order valence-corrected chi connectivity index (χ0v) is 13.2. The van der Waals surface area contributed by atoms with Crippen LogP contribution < -0.4 is 37.2 Å². The fraction of sp³-hybridized carbons (Fsp3) is 1.00. The largest absolute Gasteiger partial charge is 3.00 e. The Morgan fingerprint density at radius 1 is 1.00 bits per heavy atom. The summed E-state index contributed by atoms with van der Waals surface area (Å²) in [5.41, 5.74) is 0. The van der Waals surface area contributed by atoms with Crippen molar-refractivity contribution in [2.24, 2.45) is 0 Å². The minimum absolute atomic E-state index is 0. The molecule has 0 aliphatic carbocycles. The Balaban J connectivity index is -0.0000000300. The Morgan fingerprint density at radius 3 is 1.27 bits per heavy atom. The van der Waals surface area contributed by atoms with Crippen molar-refractivity contribution >= 4 is 35.4 Å². The van der Waals surface area contributed by atoms with Crippen LogP contribution in [0.5, 0.6) is 0 Å². The molecule has 0 aromatic heterocycles. The topological polar surface area (TPSA) is 9.23 Å². The fourth-order valence-corrected chi connectivity index (χ4v) is 3.90.